The average Bonchev–Trinajstić information content (AvgIpc) is 2.97. The number of carbonyl (C=O) groups excluding carboxylic acids is 1. The Morgan fingerprint density at radius 3 is 2.46 bits per heavy atom. The zero-order valence-electron chi connectivity index (χ0n) is 23.4. The molecule has 0 bridgehead atoms. The summed E-state index contributed by atoms with van der Waals surface area (Å²) in [6.45, 7) is 9.21. The quantitative estimate of drug-likeness (QED) is 0.403. The van der Waals surface area contributed by atoms with Crippen LogP contribution in [-0.2, 0) is 11.3 Å². The number of piperidine rings is 1. The van der Waals surface area contributed by atoms with Gasteiger partial charge in [-0.15, -0.1) is 0 Å². The predicted octanol–water partition coefficient (Wildman–Crippen LogP) is 5.44. The molecule has 2 aliphatic heterocycles. The maximum atomic E-state index is 12.9. The molecule has 3 aromatic carbocycles. The molecule has 2 fully saturated rings. The first kappa shape index (κ1) is 27.2. The third-order valence-electron chi connectivity index (χ3n) is 8.28. The summed E-state index contributed by atoms with van der Waals surface area (Å²) in [5.41, 5.74) is 4.58. The van der Waals surface area contributed by atoms with Crippen molar-refractivity contribution in [2.45, 2.75) is 38.8 Å². The Morgan fingerprint density at radius 2 is 1.69 bits per heavy atom. The summed E-state index contributed by atoms with van der Waals surface area (Å²) >= 11 is 0. The lowest BCUT2D eigenvalue weighted by molar-refractivity contribution is -0.116. The van der Waals surface area contributed by atoms with Crippen LogP contribution in [0.3, 0.4) is 0 Å². The standard InChI is InChI=1S/C33H42N4O2/c1-26-9-8-12-29(23-26)34-33(38)16-15-28-25-35(24-27-10-4-3-5-11-27)18-17-30(28)36-19-21-37(22-20-36)31-13-6-7-14-32(31)39-2/h3-14,23,28,30H,15-22,24-25H2,1-2H3,(H,34,38)/t28-,30+/m1/s1. The molecule has 0 radical (unpaired) electrons. The normalized spacial score (nSPS) is 20.5. The summed E-state index contributed by atoms with van der Waals surface area (Å²) in [6, 6.07) is 27.6. The summed E-state index contributed by atoms with van der Waals surface area (Å²) in [5.74, 6) is 1.52. The third kappa shape index (κ3) is 7.20. The fraction of sp³-hybridized carbons (Fsp3) is 0.424. The maximum Gasteiger partial charge on any atom is 0.224 e. The predicted molar refractivity (Wildman–Crippen MR) is 159 cm³/mol. The van der Waals surface area contributed by atoms with Crippen LogP contribution >= 0.6 is 0 Å². The fourth-order valence-corrected chi connectivity index (χ4v) is 6.29. The van der Waals surface area contributed by atoms with E-state index in [1.54, 1.807) is 7.11 Å². The summed E-state index contributed by atoms with van der Waals surface area (Å²) in [6.07, 6.45) is 2.60. The molecule has 39 heavy (non-hydrogen) atoms. The minimum Gasteiger partial charge on any atom is -0.495 e. The number of nitrogens with one attached hydrogen (secondary N) is 1. The molecule has 0 unspecified atom stereocenters. The Hall–Kier alpha value is -3.35. The molecule has 1 amide bonds. The van der Waals surface area contributed by atoms with Crippen molar-refractivity contribution in [3.63, 3.8) is 0 Å². The minimum atomic E-state index is 0.112. The molecule has 2 saturated heterocycles. The van der Waals surface area contributed by atoms with Crippen LogP contribution in [0.5, 0.6) is 5.75 Å². The molecule has 6 nitrogen and oxygen atoms in total. The zero-order valence-corrected chi connectivity index (χ0v) is 23.4. The van der Waals surface area contributed by atoms with Crippen LogP contribution in [-0.4, -0.2) is 68.1 Å². The van der Waals surface area contributed by atoms with E-state index in [-0.39, 0.29) is 5.91 Å². The number of amides is 1. The number of hydrogen-bond donors (Lipinski definition) is 1. The molecule has 0 saturated carbocycles. The Balaban J connectivity index is 1.23. The monoisotopic (exact) mass is 526 g/mol. The summed E-state index contributed by atoms with van der Waals surface area (Å²) in [4.78, 5) is 20.6. The number of carbonyl (C=O) groups is 1. The summed E-state index contributed by atoms with van der Waals surface area (Å²) in [5, 5.41) is 3.12. The van der Waals surface area contributed by atoms with E-state index in [1.807, 2.05) is 30.3 Å². The van der Waals surface area contributed by atoms with E-state index in [1.165, 1.54) is 11.3 Å². The summed E-state index contributed by atoms with van der Waals surface area (Å²) in [7, 11) is 1.75. The SMILES string of the molecule is COc1ccccc1N1CCN([C@H]2CCN(Cc3ccccc3)C[C@H]2CCC(=O)Nc2cccc(C)c2)CC1. The second-order valence-corrected chi connectivity index (χ2v) is 11.0. The summed E-state index contributed by atoms with van der Waals surface area (Å²) < 4.78 is 5.62. The van der Waals surface area contributed by atoms with E-state index in [9.17, 15) is 4.79 Å². The maximum absolute atomic E-state index is 12.9. The molecule has 1 N–H and O–H groups in total. The van der Waals surface area contributed by atoms with Gasteiger partial charge in [0, 0.05) is 57.4 Å². The molecular formula is C33H42N4O2. The number of anilines is 2. The van der Waals surface area contributed by atoms with Crippen molar-refractivity contribution in [2.75, 3.05) is 56.6 Å². The average molecular weight is 527 g/mol. The zero-order chi connectivity index (χ0) is 27.0. The number of methoxy groups -OCH3 is 1. The van der Waals surface area contributed by atoms with Gasteiger partial charge in [-0.1, -0.05) is 54.6 Å². The number of rotatable bonds is 9. The van der Waals surface area contributed by atoms with E-state index in [0.29, 0.717) is 18.4 Å². The highest BCUT2D eigenvalue weighted by molar-refractivity contribution is 5.90. The molecule has 0 aliphatic carbocycles. The van der Waals surface area contributed by atoms with Crippen LogP contribution in [0.1, 0.15) is 30.4 Å². The first-order chi connectivity index (χ1) is 19.1. The van der Waals surface area contributed by atoms with Crippen molar-refractivity contribution in [2.24, 2.45) is 5.92 Å². The van der Waals surface area contributed by atoms with E-state index >= 15 is 0 Å². The van der Waals surface area contributed by atoms with Crippen LogP contribution in [0.25, 0.3) is 0 Å². The number of para-hydroxylation sites is 2. The van der Waals surface area contributed by atoms with Crippen LogP contribution in [0.15, 0.2) is 78.9 Å². The van der Waals surface area contributed by atoms with Gasteiger partial charge >= 0.3 is 0 Å². The lowest BCUT2D eigenvalue weighted by Gasteiger charge is -2.47. The number of likely N-dealkylation sites (tertiary alicyclic amines) is 1. The number of hydrogen-bond acceptors (Lipinski definition) is 5. The molecule has 5 rings (SSSR count). The number of benzene rings is 3. The fourth-order valence-electron chi connectivity index (χ4n) is 6.29. The third-order valence-corrected chi connectivity index (χ3v) is 8.28. The lowest BCUT2D eigenvalue weighted by atomic mass is 9.86. The van der Waals surface area contributed by atoms with Crippen molar-refractivity contribution in [1.82, 2.24) is 9.80 Å². The number of ether oxygens (including phenoxy) is 1. The van der Waals surface area contributed by atoms with Crippen molar-refractivity contribution in [1.29, 1.82) is 0 Å². The second-order valence-electron chi connectivity index (χ2n) is 11.0. The van der Waals surface area contributed by atoms with Gasteiger partial charge < -0.3 is 15.0 Å². The second kappa shape index (κ2) is 13.1. The largest absolute Gasteiger partial charge is 0.495 e. The van der Waals surface area contributed by atoms with Gasteiger partial charge in [-0.25, -0.2) is 0 Å². The Kier molecular flexibility index (Phi) is 9.17. The first-order valence-corrected chi connectivity index (χ1v) is 14.3. The van der Waals surface area contributed by atoms with Gasteiger partial charge in [-0.3, -0.25) is 14.6 Å². The van der Waals surface area contributed by atoms with E-state index in [2.05, 4.69) is 75.5 Å². The molecule has 206 valence electrons. The smallest absolute Gasteiger partial charge is 0.224 e. The molecule has 0 aromatic heterocycles. The van der Waals surface area contributed by atoms with Gasteiger partial charge in [0.25, 0.3) is 0 Å². The molecule has 6 heteroatoms. The number of nitrogens with zero attached hydrogens (tertiary/aromatic N) is 3. The van der Waals surface area contributed by atoms with Gasteiger partial charge in [0.05, 0.1) is 12.8 Å². The molecule has 2 aliphatic rings. The van der Waals surface area contributed by atoms with E-state index in [4.69, 9.17) is 4.74 Å². The highest BCUT2D eigenvalue weighted by Crippen LogP contribution is 2.32. The van der Waals surface area contributed by atoms with E-state index in [0.717, 1.165) is 75.7 Å². The van der Waals surface area contributed by atoms with Gasteiger partial charge in [-0.2, -0.15) is 0 Å². The van der Waals surface area contributed by atoms with Crippen LogP contribution in [0.4, 0.5) is 11.4 Å². The first-order valence-electron chi connectivity index (χ1n) is 14.3. The molecular weight excluding hydrogens is 484 g/mol. The molecule has 2 heterocycles. The molecule has 3 aromatic rings. The highest BCUT2D eigenvalue weighted by atomic mass is 16.5. The Bertz CT molecular complexity index is 1210. The van der Waals surface area contributed by atoms with Gasteiger partial charge in [-0.05, 0) is 67.6 Å². The van der Waals surface area contributed by atoms with Crippen LogP contribution < -0.4 is 15.0 Å². The highest BCUT2D eigenvalue weighted by Gasteiger charge is 2.35. The minimum absolute atomic E-state index is 0.112. The van der Waals surface area contributed by atoms with Gasteiger partial charge in [0.1, 0.15) is 5.75 Å². The van der Waals surface area contributed by atoms with Crippen molar-refractivity contribution in [3.8, 4) is 5.75 Å². The number of piperazine rings is 1. The van der Waals surface area contributed by atoms with Crippen molar-refractivity contribution >= 4 is 17.3 Å². The molecule has 2 atom stereocenters. The number of aryl methyl sites for hydroxylation is 1. The van der Waals surface area contributed by atoms with Gasteiger partial charge in [0.2, 0.25) is 5.91 Å². The Morgan fingerprint density at radius 1 is 0.923 bits per heavy atom. The van der Waals surface area contributed by atoms with Gasteiger partial charge in [0.15, 0.2) is 0 Å². The van der Waals surface area contributed by atoms with Crippen LogP contribution in [0, 0.1) is 12.8 Å². The Labute approximate surface area is 233 Å². The van der Waals surface area contributed by atoms with E-state index < -0.39 is 0 Å². The van der Waals surface area contributed by atoms with Crippen LogP contribution in [0.2, 0.25) is 0 Å². The van der Waals surface area contributed by atoms with Crippen molar-refractivity contribution in [3.05, 3.63) is 90.0 Å². The topological polar surface area (TPSA) is 48.1 Å². The van der Waals surface area contributed by atoms with Crippen molar-refractivity contribution < 1.29 is 9.53 Å². The molecule has 0 spiro atoms. The lowest BCUT2D eigenvalue weighted by Crippen LogP contribution is -2.56.